The standard InChI is InChI=1S/C19H27N5O3S2/c1-3-7-17-21-19(23-22-17)28-13-18(25)20-16-12-15(9-8-14(16)2)29(26,27)24-10-5-4-6-11-24/h8-9,12H,3-7,10-11,13H2,1-2H3,(H,20,25)(H,21,22,23). The van der Waals surface area contributed by atoms with E-state index in [1.807, 2.05) is 6.92 Å². The van der Waals surface area contributed by atoms with Gasteiger partial charge in [-0.25, -0.2) is 13.4 Å². The number of hydrogen-bond acceptors (Lipinski definition) is 6. The van der Waals surface area contributed by atoms with Crippen LogP contribution in [0.4, 0.5) is 5.69 Å². The van der Waals surface area contributed by atoms with Crippen molar-refractivity contribution in [2.24, 2.45) is 0 Å². The van der Waals surface area contributed by atoms with Crippen molar-refractivity contribution >= 4 is 33.4 Å². The maximum atomic E-state index is 12.9. The highest BCUT2D eigenvalue weighted by molar-refractivity contribution is 7.99. The summed E-state index contributed by atoms with van der Waals surface area (Å²) in [6, 6.07) is 4.88. The number of thioether (sulfide) groups is 1. The lowest BCUT2D eigenvalue weighted by molar-refractivity contribution is -0.113. The van der Waals surface area contributed by atoms with Gasteiger partial charge in [-0.1, -0.05) is 31.2 Å². The molecule has 1 aliphatic heterocycles. The second kappa shape index (κ2) is 9.73. The molecule has 0 saturated carbocycles. The van der Waals surface area contributed by atoms with Gasteiger partial charge >= 0.3 is 0 Å². The molecule has 0 unspecified atom stereocenters. The van der Waals surface area contributed by atoms with Gasteiger partial charge in [0.2, 0.25) is 21.1 Å². The van der Waals surface area contributed by atoms with Crippen LogP contribution in [0.3, 0.4) is 0 Å². The number of aromatic nitrogens is 3. The fourth-order valence-electron chi connectivity index (χ4n) is 3.16. The second-order valence-corrected chi connectivity index (χ2v) is 9.97. The third kappa shape index (κ3) is 5.58. The van der Waals surface area contributed by atoms with Crippen LogP contribution < -0.4 is 5.32 Å². The minimum Gasteiger partial charge on any atom is -0.325 e. The van der Waals surface area contributed by atoms with Crippen molar-refractivity contribution in [1.82, 2.24) is 19.5 Å². The fraction of sp³-hybridized carbons (Fsp3) is 0.526. The molecule has 10 heteroatoms. The Bertz CT molecular complexity index is 953. The Kier molecular flexibility index (Phi) is 7.31. The molecule has 2 heterocycles. The van der Waals surface area contributed by atoms with E-state index in [1.165, 1.54) is 16.1 Å². The van der Waals surface area contributed by atoms with Crippen molar-refractivity contribution in [2.45, 2.75) is 56.0 Å². The van der Waals surface area contributed by atoms with Crippen LogP contribution in [0.1, 0.15) is 44.0 Å². The van der Waals surface area contributed by atoms with Crippen LogP contribution >= 0.6 is 11.8 Å². The van der Waals surface area contributed by atoms with Crippen molar-refractivity contribution in [1.29, 1.82) is 0 Å². The molecule has 1 aliphatic rings. The first-order chi connectivity index (χ1) is 13.9. The average molecular weight is 438 g/mol. The van der Waals surface area contributed by atoms with Gasteiger partial charge in [0.25, 0.3) is 0 Å². The van der Waals surface area contributed by atoms with E-state index in [2.05, 4.69) is 27.4 Å². The van der Waals surface area contributed by atoms with Gasteiger partial charge in [0.15, 0.2) is 0 Å². The predicted molar refractivity (Wildman–Crippen MR) is 114 cm³/mol. The van der Waals surface area contributed by atoms with E-state index >= 15 is 0 Å². The lowest BCUT2D eigenvalue weighted by Gasteiger charge is -2.26. The van der Waals surface area contributed by atoms with E-state index in [1.54, 1.807) is 18.2 Å². The van der Waals surface area contributed by atoms with Gasteiger partial charge in [-0.2, -0.15) is 4.31 Å². The fourth-order valence-corrected chi connectivity index (χ4v) is 5.32. The molecule has 0 radical (unpaired) electrons. The third-order valence-electron chi connectivity index (χ3n) is 4.77. The Morgan fingerprint density at radius 3 is 2.76 bits per heavy atom. The van der Waals surface area contributed by atoms with Crippen molar-refractivity contribution in [3.63, 3.8) is 0 Å². The topological polar surface area (TPSA) is 108 Å². The summed E-state index contributed by atoms with van der Waals surface area (Å²) in [4.78, 5) is 16.9. The number of nitrogens with one attached hydrogen (secondary N) is 2. The number of carbonyl (C=O) groups is 1. The number of carbonyl (C=O) groups excluding carboxylic acids is 1. The summed E-state index contributed by atoms with van der Waals surface area (Å²) in [5, 5.41) is 10.3. The van der Waals surface area contributed by atoms with E-state index in [9.17, 15) is 13.2 Å². The number of H-pyrrole nitrogens is 1. The zero-order chi connectivity index (χ0) is 20.9. The van der Waals surface area contributed by atoms with Crippen molar-refractivity contribution in [3.05, 3.63) is 29.6 Å². The molecule has 1 saturated heterocycles. The first-order valence-corrected chi connectivity index (χ1v) is 12.3. The number of hydrogen-bond donors (Lipinski definition) is 2. The molecule has 1 amide bonds. The van der Waals surface area contributed by atoms with Gasteiger partial charge < -0.3 is 5.32 Å². The van der Waals surface area contributed by atoms with Gasteiger partial charge in [-0.3, -0.25) is 9.89 Å². The van der Waals surface area contributed by atoms with Gasteiger partial charge in [0.05, 0.1) is 10.6 Å². The lowest BCUT2D eigenvalue weighted by atomic mass is 10.2. The minimum absolute atomic E-state index is 0.145. The van der Waals surface area contributed by atoms with E-state index in [-0.39, 0.29) is 16.6 Å². The largest absolute Gasteiger partial charge is 0.325 e. The van der Waals surface area contributed by atoms with Crippen LogP contribution in [0.2, 0.25) is 0 Å². The van der Waals surface area contributed by atoms with E-state index in [0.29, 0.717) is 23.9 Å². The number of aromatic amines is 1. The Hall–Kier alpha value is -1.91. The molecule has 0 spiro atoms. The summed E-state index contributed by atoms with van der Waals surface area (Å²) in [6.07, 6.45) is 4.61. The van der Waals surface area contributed by atoms with Gasteiger partial charge in [-0.15, -0.1) is 5.10 Å². The summed E-state index contributed by atoms with van der Waals surface area (Å²) in [7, 11) is -3.54. The highest BCUT2D eigenvalue weighted by atomic mass is 32.2. The Morgan fingerprint density at radius 1 is 1.28 bits per heavy atom. The molecule has 158 valence electrons. The monoisotopic (exact) mass is 437 g/mol. The minimum atomic E-state index is -3.54. The van der Waals surface area contributed by atoms with E-state index < -0.39 is 10.0 Å². The molecule has 0 atom stereocenters. The smallest absolute Gasteiger partial charge is 0.243 e. The number of rotatable bonds is 8. The first-order valence-electron chi connectivity index (χ1n) is 9.85. The van der Waals surface area contributed by atoms with Gasteiger partial charge in [-0.05, 0) is 43.9 Å². The highest BCUT2D eigenvalue weighted by Crippen LogP contribution is 2.25. The normalized spacial score (nSPS) is 15.4. The maximum absolute atomic E-state index is 12.9. The molecule has 2 N–H and O–H groups in total. The summed E-state index contributed by atoms with van der Waals surface area (Å²) in [5.41, 5.74) is 1.32. The number of amides is 1. The van der Waals surface area contributed by atoms with Crippen LogP contribution in [-0.2, 0) is 21.2 Å². The summed E-state index contributed by atoms with van der Waals surface area (Å²) < 4.78 is 27.3. The molecular formula is C19H27N5O3S2. The molecule has 3 rings (SSSR count). The molecule has 1 aromatic carbocycles. The van der Waals surface area contributed by atoms with Crippen LogP contribution in [-0.4, -0.2) is 52.7 Å². The van der Waals surface area contributed by atoms with Crippen LogP contribution in [0.15, 0.2) is 28.3 Å². The molecular weight excluding hydrogens is 410 g/mol. The van der Waals surface area contributed by atoms with Crippen LogP contribution in [0, 0.1) is 6.92 Å². The summed E-state index contributed by atoms with van der Waals surface area (Å²) in [5.74, 6) is 0.723. The SMILES string of the molecule is CCCc1nc(SCC(=O)Nc2cc(S(=O)(=O)N3CCCCC3)ccc2C)n[nH]1. The third-order valence-corrected chi connectivity index (χ3v) is 7.51. The van der Waals surface area contributed by atoms with Gasteiger partial charge in [0.1, 0.15) is 5.82 Å². The molecule has 2 aromatic rings. The van der Waals surface area contributed by atoms with Gasteiger partial charge in [0, 0.05) is 25.2 Å². The number of piperidine rings is 1. The molecule has 0 bridgehead atoms. The Balaban J connectivity index is 1.65. The number of nitrogens with zero attached hydrogens (tertiary/aromatic N) is 3. The number of anilines is 1. The van der Waals surface area contributed by atoms with E-state index in [0.717, 1.165) is 43.5 Å². The summed E-state index contributed by atoms with van der Waals surface area (Å²) in [6.45, 7) is 4.99. The second-order valence-electron chi connectivity index (χ2n) is 7.09. The van der Waals surface area contributed by atoms with E-state index in [4.69, 9.17) is 0 Å². The quantitative estimate of drug-likeness (QED) is 0.615. The maximum Gasteiger partial charge on any atom is 0.243 e. The Morgan fingerprint density at radius 2 is 2.03 bits per heavy atom. The number of sulfonamides is 1. The predicted octanol–water partition coefficient (Wildman–Crippen LogP) is 2.97. The molecule has 1 fully saturated rings. The average Bonchev–Trinajstić information content (AvgIpc) is 3.16. The van der Waals surface area contributed by atoms with Crippen LogP contribution in [0.5, 0.6) is 0 Å². The van der Waals surface area contributed by atoms with Crippen molar-refractivity contribution in [2.75, 3.05) is 24.2 Å². The zero-order valence-electron chi connectivity index (χ0n) is 16.8. The van der Waals surface area contributed by atoms with Crippen molar-refractivity contribution in [3.8, 4) is 0 Å². The Labute approximate surface area is 175 Å². The highest BCUT2D eigenvalue weighted by Gasteiger charge is 2.26. The number of benzene rings is 1. The van der Waals surface area contributed by atoms with Crippen molar-refractivity contribution < 1.29 is 13.2 Å². The molecule has 8 nitrogen and oxygen atoms in total. The molecule has 29 heavy (non-hydrogen) atoms. The zero-order valence-corrected chi connectivity index (χ0v) is 18.4. The lowest BCUT2D eigenvalue weighted by Crippen LogP contribution is -2.35. The first kappa shape index (κ1) is 21.8. The summed E-state index contributed by atoms with van der Waals surface area (Å²) >= 11 is 1.24. The van der Waals surface area contributed by atoms with Crippen LogP contribution in [0.25, 0.3) is 0 Å². The number of aryl methyl sites for hydroxylation is 2. The molecule has 1 aromatic heterocycles. The molecule has 0 aliphatic carbocycles.